The third-order valence-corrected chi connectivity index (χ3v) is 4.92. The lowest BCUT2D eigenvalue weighted by molar-refractivity contribution is -0.0395. The van der Waals surface area contributed by atoms with Crippen molar-refractivity contribution < 1.29 is 13.2 Å². The molecule has 0 radical (unpaired) electrons. The second-order valence-electron chi connectivity index (χ2n) is 6.84. The van der Waals surface area contributed by atoms with Crippen molar-refractivity contribution >= 4 is 17.0 Å². The molecular weight excluding hydrogens is 369 g/mol. The molecule has 1 fully saturated rings. The van der Waals surface area contributed by atoms with Crippen molar-refractivity contribution in [3.8, 4) is 6.07 Å². The van der Waals surface area contributed by atoms with Crippen LogP contribution >= 0.6 is 0 Å². The summed E-state index contributed by atoms with van der Waals surface area (Å²) in [6, 6.07) is 8.24. The molecule has 144 valence electrons. The van der Waals surface area contributed by atoms with Gasteiger partial charge in [-0.3, -0.25) is 4.98 Å². The van der Waals surface area contributed by atoms with E-state index < -0.39 is 17.8 Å². The Balaban J connectivity index is 1.75. The fraction of sp³-hybridized carbons (Fsp3) is 0.316. The van der Waals surface area contributed by atoms with Crippen molar-refractivity contribution in [3.05, 3.63) is 53.6 Å². The maximum Gasteiger partial charge on any atom is 0.266 e. The van der Waals surface area contributed by atoms with E-state index in [-0.39, 0.29) is 26.1 Å². The van der Waals surface area contributed by atoms with E-state index in [2.05, 4.69) is 9.97 Å². The molecule has 0 spiro atoms. The third-order valence-electron chi connectivity index (χ3n) is 4.92. The molecule has 9 heteroatoms. The standard InChI is InChI=1S/C19H17F3N6/c20-13-2-4-15-16(7-13)28(10-14-3-1-12(8-23)9-25-14)18(26-15)27-6-5-19(21,22)17(24)11-27/h1-4,7,9,17H,5-6,10-11,24H2/t17-/m1/s1. The summed E-state index contributed by atoms with van der Waals surface area (Å²) in [6.45, 7) is 0.288. The van der Waals surface area contributed by atoms with E-state index in [0.29, 0.717) is 28.2 Å². The fourth-order valence-electron chi connectivity index (χ4n) is 3.34. The minimum Gasteiger partial charge on any atom is -0.340 e. The van der Waals surface area contributed by atoms with Gasteiger partial charge in [-0.2, -0.15) is 5.26 Å². The van der Waals surface area contributed by atoms with Crippen LogP contribution in [-0.2, 0) is 6.54 Å². The highest BCUT2D eigenvalue weighted by Crippen LogP contribution is 2.32. The zero-order valence-corrected chi connectivity index (χ0v) is 14.8. The van der Waals surface area contributed by atoms with E-state index in [1.807, 2.05) is 6.07 Å². The van der Waals surface area contributed by atoms with Gasteiger partial charge < -0.3 is 15.2 Å². The lowest BCUT2D eigenvalue weighted by Gasteiger charge is -2.37. The van der Waals surface area contributed by atoms with Crippen LogP contribution in [0.4, 0.5) is 19.1 Å². The highest BCUT2D eigenvalue weighted by Gasteiger charge is 2.42. The average molecular weight is 386 g/mol. The number of nitrogens with zero attached hydrogens (tertiary/aromatic N) is 5. The van der Waals surface area contributed by atoms with Crippen LogP contribution < -0.4 is 10.6 Å². The highest BCUT2D eigenvalue weighted by atomic mass is 19.3. The SMILES string of the molecule is N#Cc1ccc(Cn2c(N3CCC(F)(F)[C@H](N)C3)nc3ccc(F)cc32)nc1. The number of hydrogen-bond donors (Lipinski definition) is 1. The van der Waals surface area contributed by atoms with Crippen LogP contribution in [0, 0.1) is 17.1 Å². The molecule has 3 aromatic rings. The average Bonchev–Trinajstić information content (AvgIpc) is 3.02. The first kappa shape index (κ1) is 18.3. The van der Waals surface area contributed by atoms with E-state index >= 15 is 0 Å². The quantitative estimate of drug-likeness (QED) is 0.748. The predicted molar refractivity (Wildman–Crippen MR) is 97.5 cm³/mol. The summed E-state index contributed by atoms with van der Waals surface area (Å²) in [5.41, 5.74) is 7.81. The number of aromatic nitrogens is 3. The summed E-state index contributed by atoms with van der Waals surface area (Å²) < 4.78 is 43.2. The van der Waals surface area contributed by atoms with Crippen molar-refractivity contribution in [2.75, 3.05) is 18.0 Å². The Morgan fingerprint density at radius 2 is 2.11 bits per heavy atom. The number of nitrogens with two attached hydrogens (primary N) is 1. The van der Waals surface area contributed by atoms with Gasteiger partial charge in [-0.05, 0) is 30.3 Å². The maximum absolute atomic E-state index is 13.8. The number of fused-ring (bicyclic) bond motifs is 1. The molecule has 0 aliphatic carbocycles. The Hall–Kier alpha value is -3.12. The third kappa shape index (κ3) is 3.27. The second-order valence-corrected chi connectivity index (χ2v) is 6.84. The van der Waals surface area contributed by atoms with Gasteiger partial charge in [-0.1, -0.05) is 0 Å². The van der Waals surface area contributed by atoms with Gasteiger partial charge in [0.25, 0.3) is 5.92 Å². The molecule has 6 nitrogen and oxygen atoms in total. The second kappa shape index (κ2) is 6.80. The number of rotatable bonds is 3. The van der Waals surface area contributed by atoms with Gasteiger partial charge in [-0.25, -0.2) is 18.2 Å². The van der Waals surface area contributed by atoms with Crippen LogP contribution in [-0.4, -0.2) is 39.6 Å². The van der Waals surface area contributed by atoms with E-state index in [1.165, 1.54) is 18.3 Å². The number of piperidine rings is 1. The zero-order chi connectivity index (χ0) is 19.9. The molecule has 1 saturated heterocycles. The molecule has 1 aromatic carbocycles. The van der Waals surface area contributed by atoms with Crippen molar-refractivity contribution in [2.45, 2.75) is 24.9 Å². The number of pyridine rings is 1. The summed E-state index contributed by atoms with van der Waals surface area (Å²) in [7, 11) is 0. The van der Waals surface area contributed by atoms with Gasteiger partial charge in [0.05, 0.1) is 34.9 Å². The molecule has 1 aliphatic heterocycles. The number of anilines is 1. The first-order valence-electron chi connectivity index (χ1n) is 8.76. The summed E-state index contributed by atoms with van der Waals surface area (Å²) in [5, 5.41) is 8.91. The smallest absolute Gasteiger partial charge is 0.266 e. The number of benzene rings is 1. The molecule has 1 aliphatic rings. The molecule has 28 heavy (non-hydrogen) atoms. The van der Waals surface area contributed by atoms with Crippen LogP contribution in [0.1, 0.15) is 17.7 Å². The summed E-state index contributed by atoms with van der Waals surface area (Å²) in [5.74, 6) is -2.90. The monoisotopic (exact) mass is 386 g/mol. The van der Waals surface area contributed by atoms with Crippen molar-refractivity contribution in [3.63, 3.8) is 0 Å². The molecule has 0 unspecified atom stereocenters. The summed E-state index contributed by atoms with van der Waals surface area (Å²) >= 11 is 0. The van der Waals surface area contributed by atoms with E-state index in [0.717, 1.165) is 0 Å². The molecular formula is C19H17F3N6. The van der Waals surface area contributed by atoms with Gasteiger partial charge in [0.1, 0.15) is 11.9 Å². The molecule has 2 aromatic heterocycles. The maximum atomic E-state index is 13.8. The molecule has 4 rings (SSSR count). The van der Waals surface area contributed by atoms with E-state index in [4.69, 9.17) is 11.0 Å². The van der Waals surface area contributed by atoms with Crippen LogP contribution in [0.15, 0.2) is 36.5 Å². The Labute approximate surface area is 159 Å². The zero-order valence-electron chi connectivity index (χ0n) is 14.8. The number of nitriles is 1. The van der Waals surface area contributed by atoms with Gasteiger partial charge in [0.2, 0.25) is 5.95 Å². The molecule has 2 N–H and O–H groups in total. The van der Waals surface area contributed by atoms with Gasteiger partial charge in [0.15, 0.2) is 0 Å². The van der Waals surface area contributed by atoms with Crippen LogP contribution in [0.2, 0.25) is 0 Å². The van der Waals surface area contributed by atoms with Gasteiger partial charge in [0, 0.05) is 25.7 Å². The van der Waals surface area contributed by atoms with Crippen molar-refractivity contribution in [2.24, 2.45) is 5.73 Å². The highest BCUT2D eigenvalue weighted by molar-refractivity contribution is 5.79. The molecule has 0 amide bonds. The van der Waals surface area contributed by atoms with E-state index in [9.17, 15) is 13.2 Å². The van der Waals surface area contributed by atoms with Gasteiger partial charge >= 0.3 is 0 Å². The summed E-state index contributed by atoms with van der Waals surface area (Å²) in [6.07, 6.45) is 1.08. The summed E-state index contributed by atoms with van der Waals surface area (Å²) in [4.78, 5) is 10.5. The first-order valence-corrected chi connectivity index (χ1v) is 8.76. The minimum absolute atomic E-state index is 0.0559. The number of alkyl halides is 2. The Bertz CT molecular complexity index is 1050. The Morgan fingerprint density at radius 3 is 2.79 bits per heavy atom. The van der Waals surface area contributed by atoms with Crippen LogP contribution in [0.25, 0.3) is 11.0 Å². The minimum atomic E-state index is -2.92. The number of halogens is 3. The number of imidazole rings is 1. The normalized spacial score (nSPS) is 19.0. The lowest BCUT2D eigenvalue weighted by Crippen LogP contribution is -2.55. The first-order chi connectivity index (χ1) is 13.4. The van der Waals surface area contributed by atoms with Crippen molar-refractivity contribution in [1.82, 2.24) is 14.5 Å². The molecule has 0 bridgehead atoms. The van der Waals surface area contributed by atoms with Crippen LogP contribution in [0.3, 0.4) is 0 Å². The Kier molecular flexibility index (Phi) is 4.43. The van der Waals surface area contributed by atoms with Gasteiger partial charge in [-0.15, -0.1) is 0 Å². The Morgan fingerprint density at radius 1 is 1.29 bits per heavy atom. The largest absolute Gasteiger partial charge is 0.340 e. The van der Waals surface area contributed by atoms with E-state index in [1.54, 1.807) is 27.7 Å². The lowest BCUT2D eigenvalue weighted by atomic mass is 10.0. The van der Waals surface area contributed by atoms with Crippen LogP contribution in [0.5, 0.6) is 0 Å². The van der Waals surface area contributed by atoms with Crippen molar-refractivity contribution in [1.29, 1.82) is 5.26 Å². The molecule has 0 saturated carbocycles. The molecule has 1 atom stereocenters. The number of hydrogen-bond acceptors (Lipinski definition) is 5. The molecule has 3 heterocycles. The predicted octanol–water partition coefficient (Wildman–Crippen LogP) is 2.66. The fourth-order valence-corrected chi connectivity index (χ4v) is 3.34. The topological polar surface area (TPSA) is 83.8 Å².